The first-order valence-electron chi connectivity index (χ1n) is 24.7. The molecule has 0 saturated carbocycles. The van der Waals surface area contributed by atoms with Crippen LogP contribution in [0.25, 0.3) is 91.9 Å². The van der Waals surface area contributed by atoms with Crippen LogP contribution < -0.4 is 15.7 Å². The van der Waals surface area contributed by atoms with E-state index in [1.54, 1.807) is 0 Å². The van der Waals surface area contributed by atoms with Crippen LogP contribution in [-0.2, 0) is 21.7 Å². The molecular weight excluding hydrogens is 844 g/mol. The third kappa shape index (κ3) is 4.91. The zero-order valence-electron chi connectivity index (χ0n) is 40.4. The highest BCUT2D eigenvalue weighted by Crippen LogP contribution is 2.54. The van der Waals surface area contributed by atoms with Crippen LogP contribution in [0.3, 0.4) is 0 Å². The van der Waals surface area contributed by atoms with Gasteiger partial charge in [0.25, 0.3) is 0 Å². The van der Waals surface area contributed by atoms with Crippen molar-refractivity contribution in [2.75, 3.05) is 4.81 Å². The molecule has 3 nitrogen and oxygen atoms in total. The van der Waals surface area contributed by atoms with Crippen LogP contribution in [0.5, 0.6) is 0 Å². The van der Waals surface area contributed by atoms with Gasteiger partial charge in [-0.1, -0.05) is 135 Å². The van der Waals surface area contributed by atoms with Crippen molar-refractivity contribution in [3.05, 3.63) is 161 Å². The van der Waals surface area contributed by atoms with Gasteiger partial charge in [-0.3, -0.25) is 0 Å². The normalized spacial score (nSPS) is 17.1. The molecule has 2 aliphatic heterocycles. The molecule has 0 atom stereocenters. The zero-order valence-corrected chi connectivity index (χ0v) is 41.2. The van der Waals surface area contributed by atoms with Gasteiger partial charge in [0.2, 0.25) is 0 Å². The number of furan rings is 1. The van der Waals surface area contributed by atoms with E-state index >= 15 is 0 Å². The van der Waals surface area contributed by atoms with Crippen LogP contribution in [0.15, 0.2) is 138 Å². The molecule has 8 aromatic carbocycles. The van der Waals surface area contributed by atoms with Gasteiger partial charge in [-0.15, -0.1) is 11.3 Å². The maximum absolute atomic E-state index is 6.67. The SMILES string of the molecule is CC(C)(C)c1ccc(N2B3c4cc5c(cc4-n4c6cc7oc8ccccc8c7cc6c6ccc(c3c64)-c3cc4sc6cc7c(cc6c4cc32)C(C)(C)CCC7(C)C)-c2ccccc2C5(C)C)cc1. The maximum atomic E-state index is 6.67. The quantitative estimate of drug-likeness (QED) is 0.153. The van der Waals surface area contributed by atoms with Crippen LogP contribution in [0.1, 0.15) is 103 Å². The zero-order chi connectivity index (χ0) is 46.1. The molecule has 0 radical (unpaired) electrons. The predicted molar refractivity (Wildman–Crippen MR) is 292 cm³/mol. The van der Waals surface area contributed by atoms with Crippen LogP contribution in [-0.4, -0.2) is 11.4 Å². The monoisotopic (exact) mass is 896 g/mol. The summed E-state index contributed by atoms with van der Waals surface area (Å²) in [4.78, 5) is 2.73. The van der Waals surface area contributed by atoms with E-state index in [0.717, 1.165) is 21.9 Å². The Hall–Kier alpha value is -6.56. The highest BCUT2D eigenvalue weighted by Gasteiger charge is 2.47. The van der Waals surface area contributed by atoms with Crippen molar-refractivity contribution in [2.24, 2.45) is 0 Å². The summed E-state index contributed by atoms with van der Waals surface area (Å²) in [6, 6.07) is 52.3. The molecule has 0 unspecified atom stereocenters. The number of fused-ring (bicyclic) bond motifs is 18. The molecule has 4 aliphatic rings. The third-order valence-electron chi connectivity index (χ3n) is 17.4. The van der Waals surface area contributed by atoms with E-state index in [0.29, 0.717) is 0 Å². The van der Waals surface area contributed by atoms with E-state index in [4.69, 9.17) is 4.42 Å². The van der Waals surface area contributed by atoms with E-state index in [-0.39, 0.29) is 28.5 Å². The summed E-state index contributed by atoms with van der Waals surface area (Å²) in [5, 5.41) is 7.62. The minimum absolute atomic E-state index is 0.0321. The smallest absolute Gasteiger partial charge is 0.333 e. The largest absolute Gasteiger partial charge is 0.456 e. The molecule has 0 bridgehead atoms. The standard InChI is InChI=1S/C63H53BN2OS/c1-60(2,3)34-18-20-35(21-19-34)66-52-29-45-44-27-48-49(62(6,7)25-24-61(48,4)5)32-57(44)68-56(45)30-42(52)38-22-23-39-41-26-43-37-15-11-13-17-54(37)67-55(43)33-51(41)65-53-28-40-36-14-10-12-16-46(36)63(8,9)47(40)31-50(53)64(66)58(38)59(39)65/h10-23,26-33H,24-25H2,1-9H3. The van der Waals surface area contributed by atoms with Crippen molar-refractivity contribution in [1.82, 2.24) is 4.57 Å². The van der Waals surface area contributed by atoms with Gasteiger partial charge in [-0.2, -0.15) is 0 Å². The molecule has 0 amide bonds. The Morgan fingerprint density at radius 1 is 0.529 bits per heavy atom. The lowest BCUT2D eigenvalue weighted by Crippen LogP contribution is -2.60. The Labute approximate surface area is 402 Å². The molecule has 5 heteroatoms. The summed E-state index contributed by atoms with van der Waals surface area (Å²) in [5.74, 6) is 0. The fourth-order valence-electron chi connectivity index (χ4n) is 13.5. The number of nitrogens with zero attached hydrogens (tertiary/aromatic N) is 2. The lowest BCUT2D eigenvalue weighted by Gasteiger charge is -2.42. The topological polar surface area (TPSA) is 21.3 Å². The molecule has 0 N–H and O–H groups in total. The molecule has 5 heterocycles. The fourth-order valence-corrected chi connectivity index (χ4v) is 14.7. The van der Waals surface area contributed by atoms with Gasteiger partial charge in [-0.05, 0) is 139 Å². The Morgan fingerprint density at radius 2 is 1.25 bits per heavy atom. The number of aromatic nitrogens is 1. The number of benzene rings is 8. The minimum Gasteiger partial charge on any atom is -0.456 e. The molecule has 2 aliphatic carbocycles. The molecule has 0 spiro atoms. The summed E-state index contributed by atoms with van der Waals surface area (Å²) in [6.07, 6.45) is 2.41. The van der Waals surface area contributed by atoms with Gasteiger partial charge in [0.1, 0.15) is 11.2 Å². The van der Waals surface area contributed by atoms with E-state index < -0.39 is 0 Å². The molecule has 330 valence electrons. The van der Waals surface area contributed by atoms with Crippen molar-refractivity contribution in [1.29, 1.82) is 0 Å². The van der Waals surface area contributed by atoms with Crippen molar-refractivity contribution in [2.45, 2.75) is 96.8 Å². The van der Waals surface area contributed by atoms with Crippen LogP contribution >= 0.6 is 11.3 Å². The Bertz CT molecular complexity index is 4110. The fraction of sp³-hybridized carbons (Fsp3) is 0.238. The van der Waals surface area contributed by atoms with E-state index in [2.05, 4.69) is 205 Å². The van der Waals surface area contributed by atoms with E-state index in [1.165, 1.54) is 133 Å². The predicted octanol–water partition coefficient (Wildman–Crippen LogP) is 16.2. The third-order valence-corrected chi connectivity index (χ3v) is 18.5. The summed E-state index contributed by atoms with van der Waals surface area (Å²) >= 11 is 1.97. The van der Waals surface area contributed by atoms with Crippen LogP contribution in [0.2, 0.25) is 0 Å². The average Bonchev–Trinajstić information content (AvgIpc) is 4.03. The summed E-state index contributed by atoms with van der Waals surface area (Å²) in [5.41, 5.74) is 23.4. The lowest BCUT2D eigenvalue weighted by atomic mass is 9.43. The lowest BCUT2D eigenvalue weighted by molar-refractivity contribution is 0.332. The second kappa shape index (κ2) is 12.6. The first-order valence-corrected chi connectivity index (χ1v) is 25.5. The average molecular weight is 897 g/mol. The minimum atomic E-state index is -0.162. The van der Waals surface area contributed by atoms with Gasteiger partial charge < -0.3 is 13.8 Å². The highest BCUT2D eigenvalue weighted by molar-refractivity contribution is 7.25. The number of hydrogen-bond acceptors (Lipinski definition) is 3. The van der Waals surface area contributed by atoms with Gasteiger partial charge in [0.15, 0.2) is 0 Å². The second-order valence-electron chi connectivity index (χ2n) is 23.5. The van der Waals surface area contributed by atoms with Gasteiger partial charge >= 0.3 is 6.85 Å². The summed E-state index contributed by atoms with van der Waals surface area (Å²) in [6.45, 7) is 21.5. The number of hydrogen-bond donors (Lipinski definition) is 0. The molecule has 0 fully saturated rings. The molecule has 68 heavy (non-hydrogen) atoms. The number of para-hydroxylation sites is 1. The van der Waals surface area contributed by atoms with E-state index in [1.807, 2.05) is 11.3 Å². The number of thiophene rings is 1. The second-order valence-corrected chi connectivity index (χ2v) is 24.6. The Balaban J connectivity index is 1.09. The van der Waals surface area contributed by atoms with Crippen molar-refractivity contribution in [3.63, 3.8) is 0 Å². The van der Waals surface area contributed by atoms with Gasteiger partial charge in [0.05, 0.1) is 11.0 Å². The molecule has 3 aromatic heterocycles. The summed E-state index contributed by atoms with van der Waals surface area (Å²) in [7, 11) is 0. The van der Waals surface area contributed by atoms with E-state index in [9.17, 15) is 0 Å². The summed E-state index contributed by atoms with van der Waals surface area (Å²) < 4.78 is 12.0. The van der Waals surface area contributed by atoms with Crippen molar-refractivity contribution < 1.29 is 4.42 Å². The first-order chi connectivity index (χ1) is 32.6. The molecule has 0 saturated heterocycles. The number of anilines is 2. The molecule has 15 rings (SSSR count). The van der Waals surface area contributed by atoms with Crippen molar-refractivity contribution >= 4 is 104 Å². The van der Waals surface area contributed by atoms with Crippen LogP contribution in [0.4, 0.5) is 11.4 Å². The Morgan fingerprint density at radius 3 is 2.04 bits per heavy atom. The Kier molecular flexibility index (Phi) is 7.28. The van der Waals surface area contributed by atoms with Gasteiger partial charge in [0, 0.05) is 75.8 Å². The number of rotatable bonds is 1. The van der Waals surface area contributed by atoms with Gasteiger partial charge in [-0.25, -0.2) is 0 Å². The van der Waals surface area contributed by atoms with Crippen molar-refractivity contribution in [3.8, 4) is 27.9 Å². The molecular formula is C63H53BN2OS. The first kappa shape index (κ1) is 39.4. The highest BCUT2D eigenvalue weighted by atomic mass is 32.1. The van der Waals surface area contributed by atoms with Crippen LogP contribution in [0, 0.1) is 0 Å². The maximum Gasteiger partial charge on any atom is 0.333 e. The molecule has 11 aromatic rings.